The summed E-state index contributed by atoms with van der Waals surface area (Å²) in [6.07, 6.45) is 0.417. The number of rotatable bonds is 2. The highest BCUT2D eigenvalue weighted by atomic mass is 32.2. The molecule has 0 aromatic rings. The molecule has 1 rings (SSSR count). The molecule has 12 heavy (non-hydrogen) atoms. The van der Waals surface area contributed by atoms with Gasteiger partial charge in [-0.05, 0) is 6.42 Å². The number of sulfone groups is 1. The molecule has 1 aliphatic rings. The van der Waals surface area contributed by atoms with Crippen LogP contribution < -0.4 is 0 Å². The first-order valence-electron chi connectivity index (χ1n) is 3.72. The van der Waals surface area contributed by atoms with Gasteiger partial charge in [0.05, 0.1) is 0 Å². The molecule has 1 aliphatic carbocycles. The molecule has 0 aromatic carbocycles. The molecule has 0 heterocycles. The van der Waals surface area contributed by atoms with Gasteiger partial charge in [0.2, 0.25) is 0 Å². The number of carbonyl (C=O) groups excluding carboxylic acids is 1. The molecule has 0 spiro atoms. The normalized spacial score (nSPS) is 27.8. The topological polar surface area (TPSA) is 51.2 Å². The van der Waals surface area contributed by atoms with Gasteiger partial charge in [-0.25, -0.2) is 8.42 Å². The third kappa shape index (κ3) is 1.20. The van der Waals surface area contributed by atoms with Gasteiger partial charge in [-0.15, -0.1) is 0 Å². The quantitative estimate of drug-likeness (QED) is 0.647. The Kier molecular flexibility index (Phi) is 1.91. The molecule has 4 heteroatoms. The third-order valence-electron chi connectivity index (χ3n) is 2.28. The minimum atomic E-state index is -3.37. The van der Waals surface area contributed by atoms with Crippen LogP contribution in [0.25, 0.3) is 0 Å². The lowest BCUT2D eigenvalue weighted by Crippen LogP contribution is -2.52. The molecule has 1 atom stereocenters. The van der Waals surface area contributed by atoms with Gasteiger partial charge in [0.1, 0.15) is 5.25 Å². The summed E-state index contributed by atoms with van der Waals surface area (Å²) in [7, 11) is -3.37. The number of carbonyl (C=O) groups is 1. The van der Waals surface area contributed by atoms with E-state index in [9.17, 15) is 13.2 Å². The van der Waals surface area contributed by atoms with E-state index in [-0.39, 0.29) is 5.78 Å². The first kappa shape index (κ1) is 9.45. The molecular weight excluding hydrogens is 176 g/mol. The summed E-state index contributed by atoms with van der Waals surface area (Å²) in [6, 6.07) is 0. The van der Waals surface area contributed by atoms with Gasteiger partial charge >= 0.3 is 0 Å². The fourth-order valence-corrected chi connectivity index (χ4v) is 2.84. The maximum absolute atomic E-state index is 11.3. The highest BCUT2D eigenvalue weighted by Gasteiger charge is 2.51. The average Bonchev–Trinajstić information content (AvgIpc) is 2.00. The lowest BCUT2D eigenvalue weighted by Gasteiger charge is -2.38. The molecule has 1 unspecified atom stereocenters. The average molecular weight is 188 g/mol. The Bertz CT molecular complexity index is 324. The fraction of sp³-hybridized carbons (Fsp3) is 0.625. The molecule has 0 N–H and O–H groups in total. The van der Waals surface area contributed by atoms with Gasteiger partial charge in [0.15, 0.2) is 15.6 Å². The lowest BCUT2D eigenvalue weighted by molar-refractivity contribution is -0.134. The largest absolute Gasteiger partial charge is 0.298 e. The van der Waals surface area contributed by atoms with Gasteiger partial charge in [-0.2, -0.15) is 0 Å². The van der Waals surface area contributed by atoms with E-state index in [0.29, 0.717) is 6.42 Å². The van der Waals surface area contributed by atoms with Gasteiger partial charge in [0, 0.05) is 10.8 Å². The Labute approximate surface area is 72.4 Å². The first-order valence-corrected chi connectivity index (χ1v) is 5.33. The zero-order valence-electron chi connectivity index (χ0n) is 7.20. The van der Waals surface area contributed by atoms with Crippen LogP contribution in [0.15, 0.2) is 12.0 Å². The van der Waals surface area contributed by atoms with Crippen molar-refractivity contribution in [3.05, 3.63) is 12.0 Å². The van der Waals surface area contributed by atoms with Crippen LogP contribution in [0.4, 0.5) is 0 Å². The van der Waals surface area contributed by atoms with E-state index in [1.165, 1.54) is 0 Å². The number of Topliss-reactive ketones (excluding diaryl/α,β-unsaturated/α-hetero) is 1. The van der Waals surface area contributed by atoms with Crippen molar-refractivity contribution in [3.63, 3.8) is 0 Å². The molecule has 0 radical (unpaired) electrons. The molecule has 0 aromatic heterocycles. The zero-order chi connectivity index (χ0) is 9.57. The van der Waals surface area contributed by atoms with Crippen LogP contribution in [0.3, 0.4) is 0 Å². The van der Waals surface area contributed by atoms with Crippen LogP contribution in [0, 0.1) is 5.41 Å². The van der Waals surface area contributed by atoms with Crippen molar-refractivity contribution in [1.29, 1.82) is 0 Å². The number of hydrogen-bond donors (Lipinski definition) is 0. The molecule has 0 amide bonds. The van der Waals surface area contributed by atoms with Crippen LogP contribution in [0.2, 0.25) is 0 Å². The minimum absolute atomic E-state index is 0.192. The van der Waals surface area contributed by atoms with E-state index in [2.05, 4.69) is 6.58 Å². The number of ketones is 1. The molecule has 1 fully saturated rings. The van der Waals surface area contributed by atoms with Crippen molar-refractivity contribution in [2.75, 3.05) is 0 Å². The predicted octanol–water partition coefficient (Wildman–Crippen LogP) is 0.912. The smallest absolute Gasteiger partial charge is 0.181 e. The van der Waals surface area contributed by atoms with E-state index in [0.717, 1.165) is 5.41 Å². The predicted molar refractivity (Wildman–Crippen MR) is 46.3 cm³/mol. The monoisotopic (exact) mass is 188 g/mol. The Morgan fingerprint density at radius 1 is 1.58 bits per heavy atom. The molecule has 1 saturated carbocycles. The molecule has 68 valence electrons. The second-order valence-corrected chi connectivity index (χ2v) is 5.78. The second kappa shape index (κ2) is 2.42. The fourth-order valence-electron chi connectivity index (χ4n) is 1.34. The summed E-state index contributed by atoms with van der Waals surface area (Å²) in [5.74, 6) is -0.192. The van der Waals surface area contributed by atoms with E-state index in [4.69, 9.17) is 0 Å². The Morgan fingerprint density at radius 3 is 2.33 bits per heavy atom. The maximum atomic E-state index is 11.3. The van der Waals surface area contributed by atoms with Crippen LogP contribution in [-0.2, 0) is 14.6 Å². The van der Waals surface area contributed by atoms with Gasteiger partial charge in [0.25, 0.3) is 0 Å². The second-order valence-electron chi connectivity index (χ2n) is 3.70. The third-order valence-corrected chi connectivity index (χ3v) is 3.92. The van der Waals surface area contributed by atoms with Gasteiger partial charge < -0.3 is 0 Å². The van der Waals surface area contributed by atoms with Crippen molar-refractivity contribution in [2.24, 2.45) is 5.41 Å². The summed E-state index contributed by atoms with van der Waals surface area (Å²) >= 11 is 0. The summed E-state index contributed by atoms with van der Waals surface area (Å²) < 4.78 is 22.3. The minimum Gasteiger partial charge on any atom is -0.298 e. The van der Waals surface area contributed by atoms with Crippen LogP contribution in [-0.4, -0.2) is 19.5 Å². The van der Waals surface area contributed by atoms with Crippen LogP contribution in [0.5, 0.6) is 0 Å². The zero-order valence-corrected chi connectivity index (χ0v) is 8.02. The van der Waals surface area contributed by atoms with Crippen molar-refractivity contribution < 1.29 is 13.2 Å². The van der Waals surface area contributed by atoms with E-state index >= 15 is 0 Å². The van der Waals surface area contributed by atoms with E-state index < -0.39 is 20.5 Å². The van der Waals surface area contributed by atoms with Crippen molar-refractivity contribution >= 4 is 15.6 Å². The van der Waals surface area contributed by atoms with E-state index in [1.807, 2.05) is 0 Å². The Hall–Kier alpha value is -0.640. The van der Waals surface area contributed by atoms with Crippen LogP contribution >= 0.6 is 0 Å². The van der Waals surface area contributed by atoms with Crippen molar-refractivity contribution in [2.45, 2.75) is 25.5 Å². The summed E-state index contributed by atoms with van der Waals surface area (Å²) in [5.41, 5.74) is -0.458. The summed E-state index contributed by atoms with van der Waals surface area (Å²) in [6.45, 7) is 6.69. The standard InChI is InChI=1S/C8H12O3S/c1-4-12(10,11)6-5-8(2,3)7(6)9/h4,6H,1,5H2,2-3H3. The van der Waals surface area contributed by atoms with Gasteiger partial charge in [-0.3, -0.25) is 4.79 Å². The maximum Gasteiger partial charge on any atom is 0.181 e. The van der Waals surface area contributed by atoms with Crippen LogP contribution in [0.1, 0.15) is 20.3 Å². The SMILES string of the molecule is C=CS(=O)(=O)C1CC(C)(C)C1=O. The molecule has 0 bridgehead atoms. The summed E-state index contributed by atoms with van der Waals surface area (Å²) in [4.78, 5) is 11.3. The highest BCUT2D eigenvalue weighted by Crippen LogP contribution is 2.40. The first-order chi connectivity index (χ1) is 5.31. The van der Waals surface area contributed by atoms with Crippen molar-refractivity contribution in [1.82, 2.24) is 0 Å². The Balaban J connectivity index is 2.89. The molecule has 3 nitrogen and oxygen atoms in total. The Morgan fingerprint density at radius 2 is 2.08 bits per heavy atom. The molecule has 0 aliphatic heterocycles. The van der Waals surface area contributed by atoms with Gasteiger partial charge in [-0.1, -0.05) is 20.4 Å². The van der Waals surface area contributed by atoms with E-state index in [1.54, 1.807) is 13.8 Å². The summed E-state index contributed by atoms with van der Waals surface area (Å²) in [5, 5.41) is 0.0372. The highest BCUT2D eigenvalue weighted by molar-refractivity contribution is 7.95. The number of hydrogen-bond acceptors (Lipinski definition) is 3. The molecular formula is C8H12O3S. The van der Waals surface area contributed by atoms with Crippen molar-refractivity contribution in [3.8, 4) is 0 Å². The lowest BCUT2D eigenvalue weighted by atomic mass is 9.70. The molecule has 0 saturated heterocycles.